The third-order valence-corrected chi connectivity index (χ3v) is 5.53. The molecule has 116 valence electrons. The van der Waals surface area contributed by atoms with Crippen LogP contribution in [0.25, 0.3) is 11.0 Å². The van der Waals surface area contributed by atoms with Gasteiger partial charge < -0.3 is 11.1 Å². The fourth-order valence-electron chi connectivity index (χ4n) is 3.98. The lowest BCUT2D eigenvalue weighted by Gasteiger charge is -2.60. The van der Waals surface area contributed by atoms with E-state index in [-0.39, 0.29) is 30.0 Å². The Morgan fingerprint density at radius 3 is 3.05 bits per heavy atom. The number of nitrogens with two attached hydrogens (primary N) is 1. The maximum Gasteiger partial charge on any atom is 0.242 e. The fourth-order valence-corrected chi connectivity index (χ4v) is 3.98. The van der Waals surface area contributed by atoms with E-state index in [0.29, 0.717) is 0 Å². The standard InChI is InChI=1S/C16H21N5O/c1-10-11-4-2-7-18-15(11)21(20-10)9-14(22)19-13-8-12(17)16(13)5-3-6-16/h2,4,7,12-13H,3,5-6,8-9,17H2,1H3,(H,19,22). The Kier molecular flexibility index (Phi) is 2.97. The van der Waals surface area contributed by atoms with Crippen LogP contribution in [0, 0.1) is 12.3 Å². The van der Waals surface area contributed by atoms with Crippen LogP contribution in [0.3, 0.4) is 0 Å². The Morgan fingerprint density at radius 1 is 1.55 bits per heavy atom. The van der Waals surface area contributed by atoms with E-state index in [0.717, 1.165) is 36.0 Å². The highest BCUT2D eigenvalue weighted by atomic mass is 16.2. The Morgan fingerprint density at radius 2 is 2.36 bits per heavy atom. The van der Waals surface area contributed by atoms with Crippen molar-refractivity contribution in [2.45, 2.75) is 51.2 Å². The number of fused-ring (bicyclic) bond motifs is 1. The number of aryl methyl sites for hydroxylation is 1. The second kappa shape index (κ2) is 4.78. The van der Waals surface area contributed by atoms with Gasteiger partial charge in [-0.2, -0.15) is 5.10 Å². The summed E-state index contributed by atoms with van der Waals surface area (Å²) in [5.74, 6) is -0.00164. The van der Waals surface area contributed by atoms with Crippen molar-refractivity contribution in [1.82, 2.24) is 20.1 Å². The SMILES string of the molecule is Cc1nn(CC(=O)NC2CC(N)C23CCC3)c2ncccc12. The van der Waals surface area contributed by atoms with E-state index in [1.54, 1.807) is 10.9 Å². The van der Waals surface area contributed by atoms with Gasteiger partial charge in [-0.25, -0.2) is 9.67 Å². The minimum absolute atomic E-state index is 0.00164. The van der Waals surface area contributed by atoms with E-state index >= 15 is 0 Å². The molecule has 2 atom stereocenters. The summed E-state index contributed by atoms with van der Waals surface area (Å²) in [6.07, 6.45) is 6.14. The maximum absolute atomic E-state index is 12.4. The van der Waals surface area contributed by atoms with Crippen LogP contribution in [0.15, 0.2) is 18.3 Å². The van der Waals surface area contributed by atoms with Crippen molar-refractivity contribution >= 4 is 16.9 Å². The van der Waals surface area contributed by atoms with Gasteiger partial charge in [-0.1, -0.05) is 6.42 Å². The molecule has 2 heterocycles. The van der Waals surface area contributed by atoms with Crippen molar-refractivity contribution < 1.29 is 4.79 Å². The first kappa shape index (κ1) is 13.7. The molecule has 2 aromatic rings. The molecule has 4 rings (SSSR count). The first-order chi connectivity index (χ1) is 10.6. The fraction of sp³-hybridized carbons (Fsp3) is 0.562. The zero-order valence-corrected chi connectivity index (χ0v) is 12.7. The van der Waals surface area contributed by atoms with E-state index in [4.69, 9.17) is 5.73 Å². The molecule has 2 aliphatic rings. The zero-order valence-electron chi connectivity index (χ0n) is 12.7. The van der Waals surface area contributed by atoms with E-state index in [2.05, 4.69) is 15.4 Å². The number of hydrogen-bond acceptors (Lipinski definition) is 4. The predicted octanol–water partition coefficient (Wildman–Crippen LogP) is 1.13. The smallest absolute Gasteiger partial charge is 0.242 e. The average Bonchev–Trinajstić information content (AvgIpc) is 2.73. The van der Waals surface area contributed by atoms with Crippen LogP contribution < -0.4 is 11.1 Å². The molecule has 2 fully saturated rings. The van der Waals surface area contributed by atoms with Crippen LogP contribution in [0.4, 0.5) is 0 Å². The van der Waals surface area contributed by atoms with Crippen LogP contribution in [-0.2, 0) is 11.3 Å². The molecular weight excluding hydrogens is 278 g/mol. The lowest BCUT2D eigenvalue weighted by Crippen LogP contribution is -2.70. The quantitative estimate of drug-likeness (QED) is 0.889. The number of hydrogen-bond donors (Lipinski definition) is 2. The number of carbonyl (C=O) groups is 1. The monoisotopic (exact) mass is 299 g/mol. The lowest BCUT2D eigenvalue weighted by atomic mass is 9.50. The first-order valence-electron chi connectivity index (χ1n) is 7.93. The zero-order chi connectivity index (χ0) is 15.3. The van der Waals surface area contributed by atoms with Gasteiger partial charge in [0.2, 0.25) is 5.91 Å². The third kappa shape index (κ3) is 1.86. The molecule has 2 aliphatic carbocycles. The Hall–Kier alpha value is -1.95. The summed E-state index contributed by atoms with van der Waals surface area (Å²) in [6, 6.07) is 4.35. The van der Waals surface area contributed by atoms with Gasteiger partial charge in [0.05, 0.1) is 5.69 Å². The Balaban J connectivity index is 1.48. The molecule has 3 N–H and O–H groups in total. The Labute approximate surface area is 129 Å². The molecule has 2 saturated carbocycles. The highest BCUT2D eigenvalue weighted by Gasteiger charge is 2.57. The lowest BCUT2D eigenvalue weighted by molar-refractivity contribution is -0.128. The van der Waals surface area contributed by atoms with Crippen LogP contribution in [0.5, 0.6) is 0 Å². The van der Waals surface area contributed by atoms with Gasteiger partial charge in [-0.05, 0) is 38.3 Å². The summed E-state index contributed by atoms with van der Waals surface area (Å²) in [5, 5.41) is 8.59. The van der Waals surface area contributed by atoms with Gasteiger partial charge in [-0.15, -0.1) is 0 Å². The third-order valence-electron chi connectivity index (χ3n) is 5.53. The maximum atomic E-state index is 12.4. The van der Waals surface area contributed by atoms with E-state index in [1.807, 2.05) is 19.1 Å². The van der Waals surface area contributed by atoms with Crippen molar-refractivity contribution in [2.75, 3.05) is 0 Å². The molecule has 0 bridgehead atoms. The van der Waals surface area contributed by atoms with Crippen LogP contribution in [0.1, 0.15) is 31.4 Å². The number of pyridine rings is 1. The molecule has 6 heteroatoms. The second-order valence-electron chi connectivity index (χ2n) is 6.67. The molecule has 0 radical (unpaired) electrons. The molecule has 22 heavy (non-hydrogen) atoms. The van der Waals surface area contributed by atoms with Crippen molar-refractivity contribution in [1.29, 1.82) is 0 Å². The van der Waals surface area contributed by atoms with Gasteiger partial charge >= 0.3 is 0 Å². The van der Waals surface area contributed by atoms with Crippen LogP contribution in [-0.4, -0.2) is 32.8 Å². The summed E-state index contributed by atoms with van der Waals surface area (Å²) in [5.41, 5.74) is 7.98. The normalized spacial score (nSPS) is 25.7. The number of aromatic nitrogens is 3. The van der Waals surface area contributed by atoms with Gasteiger partial charge in [0.25, 0.3) is 0 Å². The van der Waals surface area contributed by atoms with Crippen molar-refractivity contribution in [2.24, 2.45) is 11.1 Å². The molecular formula is C16H21N5O. The van der Waals surface area contributed by atoms with Gasteiger partial charge in [0, 0.05) is 29.1 Å². The predicted molar refractivity (Wildman–Crippen MR) is 83.1 cm³/mol. The summed E-state index contributed by atoms with van der Waals surface area (Å²) >= 11 is 0. The number of amides is 1. The summed E-state index contributed by atoms with van der Waals surface area (Å²) in [4.78, 5) is 16.7. The largest absolute Gasteiger partial charge is 0.351 e. The van der Waals surface area contributed by atoms with Crippen molar-refractivity contribution in [3.8, 4) is 0 Å². The summed E-state index contributed by atoms with van der Waals surface area (Å²) in [7, 11) is 0. The first-order valence-corrected chi connectivity index (χ1v) is 7.93. The molecule has 0 saturated heterocycles. The molecule has 0 aromatic carbocycles. The van der Waals surface area contributed by atoms with Gasteiger partial charge in [0.1, 0.15) is 6.54 Å². The molecule has 2 aromatic heterocycles. The van der Waals surface area contributed by atoms with Crippen molar-refractivity contribution in [3.63, 3.8) is 0 Å². The second-order valence-corrected chi connectivity index (χ2v) is 6.67. The van der Waals surface area contributed by atoms with Crippen LogP contribution in [0.2, 0.25) is 0 Å². The number of rotatable bonds is 3. The number of nitrogens with one attached hydrogen (secondary N) is 1. The van der Waals surface area contributed by atoms with E-state index < -0.39 is 0 Å². The Bertz CT molecular complexity index is 733. The highest BCUT2D eigenvalue weighted by molar-refractivity contribution is 5.81. The molecule has 6 nitrogen and oxygen atoms in total. The van der Waals surface area contributed by atoms with Gasteiger partial charge in [0.15, 0.2) is 5.65 Å². The topological polar surface area (TPSA) is 85.8 Å². The number of nitrogens with zero attached hydrogens (tertiary/aromatic N) is 3. The summed E-state index contributed by atoms with van der Waals surface area (Å²) in [6.45, 7) is 2.15. The molecule has 1 spiro atoms. The van der Waals surface area contributed by atoms with Gasteiger partial charge in [-0.3, -0.25) is 4.79 Å². The average molecular weight is 299 g/mol. The molecule has 0 aliphatic heterocycles. The summed E-state index contributed by atoms with van der Waals surface area (Å²) < 4.78 is 1.69. The minimum Gasteiger partial charge on any atom is -0.351 e. The van der Waals surface area contributed by atoms with Crippen LogP contribution >= 0.6 is 0 Å². The number of carbonyl (C=O) groups excluding carboxylic acids is 1. The highest BCUT2D eigenvalue weighted by Crippen LogP contribution is 2.54. The van der Waals surface area contributed by atoms with E-state index in [1.165, 1.54) is 6.42 Å². The molecule has 2 unspecified atom stereocenters. The minimum atomic E-state index is -0.00164. The molecule has 1 amide bonds. The van der Waals surface area contributed by atoms with Crippen molar-refractivity contribution in [3.05, 3.63) is 24.0 Å². The van der Waals surface area contributed by atoms with E-state index in [9.17, 15) is 4.79 Å².